The van der Waals surface area contributed by atoms with E-state index in [9.17, 15) is 9.18 Å². The summed E-state index contributed by atoms with van der Waals surface area (Å²) in [6.45, 7) is 5.24. The lowest BCUT2D eigenvalue weighted by molar-refractivity contribution is 0.102. The molecule has 0 bridgehead atoms. The van der Waals surface area contributed by atoms with Gasteiger partial charge in [-0.05, 0) is 18.2 Å². The van der Waals surface area contributed by atoms with Crippen molar-refractivity contribution in [2.24, 2.45) is 0 Å². The summed E-state index contributed by atoms with van der Waals surface area (Å²) < 4.78 is 19.4. The maximum atomic E-state index is 14.1. The first kappa shape index (κ1) is 16.5. The van der Waals surface area contributed by atoms with Crippen LogP contribution in [0.25, 0.3) is 11.1 Å². The number of hydrogen-bond donors (Lipinski definition) is 2. The fourth-order valence-electron chi connectivity index (χ4n) is 2.98. The number of benzene rings is 1. The minimum Gasteiger partial charge on any atom is -0.441 e. The number of nitrogens with one attached hydrogen (secondary N) is 2. The Balaban J connectivity index is 1.51. The van der Waals surface area contributed by atoms with Gasteiger partial charge in [-0.1, -0.05) is 0 Å². The van der Waals surface area contributed by atoms with E-state index in [-0.39, 0.29) is 11.4 Å². The zero-order valence-electron chi connectivity index (χ0n) is 14.3. The van der Waals surface area contributed by atoms with Crippen molar-refractivity contribution < 1.29 is 13.6 Å². The van der Waals surface area contributed by atoms with Crippen LogP contribution in [0.5, 0.6) is 0 Å². The van der Waals surface area contributed by atoms with Crippen molar-refractivity contribution in [3.8, 4) is 0 Å². The molecule has 134 valence electrons. The monoisotopic (exact) mass is 355 g/mol. The van der Waals surface area contributed by atoms with E-state index < -0.39 is 5.82 Å². The number of fused-ring (bicyclic) bond motifs is 1. The van der Waals surface area contributed by atoms with Gasteiger partial charge >= 0.3 is 0 Å². The van der Waals surface area contributed by atoms with Crippen LogP contribution in [0.1, 0.15) is 16.2 Å². The Kier molecular flexibility index (Phi) is 4.26. The van der Waals surface area contributed by atoms with E-state index in [2.05, 4.69) is 25.5 Å². The molecule has 1 saturated heterocycles. The van der Waals surface area contributed by atoms with E-state index in [1.54, 1.807) is 19.1 Å². The number of nitrogens with zero attached hydrogens (tertiary/aromatic N) is 3. The normalized spacial score (nSPS) is 14.6. The number of halogens is 1. The maximum Gasteiger partial charge on any atom is 0.257 e. The summed E-state index contributed by atoms with van der Waals surface area (Å²) in [5.74, 6) is 0.309. The average molecular weight is 355 g/mol. The van der Waals surface area contributed by atoms with Crippen LogP contribution in [0.3, 0.4) is 0 Å². The van der Waals surface area contributed by atoms with Gasteiger partial charge in [-0.25, -0.2) is 14.4 Å². The van der Waals surface area contributed by atoms with Crippen LogP contribution in [0.2, 0.25) is 0 Å². The van der Waals surface area contributed by atoms with Crippen molar-refractivity contribution in [1.82, 2.24) is 15.3 Å². The molecule has 3 aromatic rings. The number of carbonyl (C=O) groups is 1. The zero-order valence-corrected chi connectivity index (χ0v) is 14.3. The number of rotatable bonds is 3. The quantitative estimate of drug-likeness (QED) is 0.750. The third-order valence-corrected chi connectivity index (χ3v) is 4.26. The van der Waals surface area contributed by atoms with Crippen LogP contribution >= 0.6 is 0 Å². The van der Waals surface area contributed by atoms with Gasteiger partial charge in [0.05, 0.1) is 5.56 Å². The SMILES string of the molecule is Cc1nc2c(F)cc(NC(=O)c3ccc(N4CCNCC4)nc3)cc2o1. The number of aromatic nitrogens is 2. The maximum absolute atomic E-state index is 14.1. The molecule has 2 N–H and O–H groups in total. The van der Waals surface area contributed by atoms with Gasteiger partial charge in [-0.3, -0.25) is 4.79 Å². The molecule has 0 radical (unpaired) electrons. The molecule has 8 heteroatoms. The topological polar surface area (TPSA) is 83.3 Å². The van der Waals surface area contributed by atoms with Crippen LogP contribution in [-0.4, -0.2) is 42.1 Å². The van der Waals surface area contributed by atoms with Gasteiger partial charge in [0.1, 0.15) is 11.3 Å². The van der Waals surface area contributed by atoms with E-state index in [1.807, 2.05) is 6.07 Å². The molecular formula is C18H18FN5O2. The summed E-state index contributed by atoms with van der Waals surface area (Å²) in [6, 6.07) is 6.32. The molecule has 1 aliphatic heterocycles. The molecule has 0 saturated carbocycles. The van der Waals surface area contributed by atoms with Gasteiger partial charge in [0, 0.05) is 51.1 Å². The number of anilines is 2. The molecule has 0 spiro atoms. The Bertz CT molecular complexity index is 948. The molecule has 4 rings (SSSR count). The Morgan fingerprint density at radius 2 is 2.12 bits per heavy atom. The van der Waals surface area contributed by atoms with E-state index in [0.717, 1.165) is 32.0 Å². The second-order valence-corrected chi connectivity index (χ2v) is 6.13. The number of hydrogen-bond acceptors (Lipinski definition) is 6. The second-order valence-electron chi connectivity index (χ2n) is 6.13. The first-order chi connectivity index (χ1) is 12.6. The molecule has 3 heterocycles. The fraction of sp³-hybridized carbons (Fsp3) is 0.278. The highest BCUT2D eigenvalue weighted by molar-refractivity contribution is 6.04. The number of amides is 1. The number of piperazine rings is 1. The van der Waals surface area contributed by atoms with Gasteiger partial charge in [0.15, 0.2) is 17.3 Å². The zero-order chi connectivity index (χ0) is 18.1. The number of oxazole rings is 1. The fourth-order valence-corrected chi connectivity index (χ4v) is 2.98. The lowest BCUT2D eigenvalue weighted by Crippen LogP contribution is -2.43. The van der Waals surface area contributed by atoms with Gasteiger partial charge < -0.3 is 20.0 Å². The van der Waals surface area contributed by atoms with E-state index in [1.165, 1.54) is 12.3 Å². The van der Waals surface area contributed by atoms with Crippen molar-refractivity contribution in [2.75, 3.05) is 36.4 Å². The molecule has 0 unspecified atom stereocenters. The Hall–Kier alpha value is -3.00. The average Bonchev–Trinajstić information content (AvgIpc) is 3.03. The Morgan fingerprint density at radius 1 is 1.31 bits per heavy atom. The minimum atomic E-state index is -0.540. The second kappa shape index (κ2) is 6.72. The predicted molar refractivity (Wildman–Crippen MR) is 96.0 cm³/mol. The highest BCUT2D eigenvalue weighted by Gasteiger charge is 2.15. The Labute approximate surface area is 149 Å². The highest BCUT2D eigenvalue weighted by atomic mass is 19.1. The first-order valence-corrected chi connectivity index (χ1v) is 8.40. The van der Waals surface area contributed by atoms with Crippen LogP contribution in [0.15, 0.2) is 34.9 Å². The van der Waals surface area contributed by atoms with E-state index >= 15 is 0 Å². The van der Waals surface area contributed by atoms with Gasteiger partial charge in [-0.2, -0.15) is 0 Å². The van der Waals surface area contributed by atoms with Gasteiger partial charge in [-0.15, -0.1) is 0 Å². The van der Waals surface area contributed by atoms with E-state index in [4.69, 9.17) is 4.42 Å². The van der Waals surface area contributed by atoms with Gasteiger partial charge in [0.25, 0.3) is 5.91 Å². The summed E-state index contributed by atoms with van der Waals surface area (Å²) in [4.78, 5) is 22.9. The van der Waals surface area contributed by atoms with Gasteiger partial charge in [0.2, 0.25) is 0 Å². The Morgan fingerprint density at radius 3 is 2.85 bits per heavy atom. The minimum absolute atomic E-state index is 0.155. The van der Waals surface area contributed by atoms with Crippen LogP contribution in [0, 0.1) is 12.7 Å². The van der Waals surface area contributed by atoms with E-state index in [0.29, 0.717) is 22.7 Å². The predicted octanol–water partition coefficient (Wildman–Crippen LogP) is 2.33. The number of carbonyl (C=O) groups excluding carboxylic acids is 1. The number of aryl methyl sites for hydroxylation is 1. The lowest BCUT2D eigenvalue weighted by atomic mass is 10.2. The number of pyridine rings is 1. The smallest absolute Gasteiger partial charge is 0.257 e. The molecule has 26 heavy (non-hydrogen) atoms. The first-order valence-electron chi connectivity index (χ1n) is 8.40. The van der Waals surface area contributed by atoms with Crippen molar-refractivity contribution in [2.45, 2.75) is 6.92 Å². The summed E-state index contributed by atoms with van der Waals surface area (Å²) in [5.41, 5.74) is 1.16. The molecule has 1 amide bonds. The summed E-state index contributed by atoms with van der Waals surface area (Å²) in [5, 5.41) is 5.95. The van der Waals surface area contributed by atoms with Crippen molar-refractivity contribution in [1.29, 1.82) is 0 Å². The van der Waals surface area contributed by atoms with Crippen LogP contribution in [0.4, 0.5) is 15.9 Å². The molecule has 1 fully saturated rings. The molecule has 1 aromatic carbocycles. The summed E-state index contributed by atoms with van der Waals surface area (Å²) in [6.07, 6.45) is 1.53. The van der Waals surface area contributed by atoms with Crippen molar-refractivity contribution in [3.05, 3.63) is 47.7 Å². The highest BCUT2D eigenvalue weighted by Crippen LogP contribution is 2.24. The van der Waals surface area contributed by atoms with Crippen molar-refractivity contribution >= 4 is 28.5 Å². The largest absolute Gasteiger partial charge is 0.441 e. The molecule has 0 aliphatic carbocycles. The molecule has 2 aromatic heterocycles. The third-order valence-electron chi connectivity index (χ3n) is 4.26. The molecular weight excluding hydrogens is 337 g/mol. The lowest BCUT2D eigenvalue weighted by Gasteiger charge is -2.28. The molecule has 0 atom stereocenters. The summed E-state index contributed by atoms with van der Waals surface area (Å²) in [7, 11) is 0. The standard InChI is InChI=1S/C18H18FN5O2/c1-11-22-17-14(19)8-13(9-15(17)26-11)23-18(25)12-2-3-16(21-10-12)24-6-4-20-5-7-24/h2-3,8-10,20H,4-7H2,1H3,(H,23,25). The third kappa shape index (κ3) is 3.23. The van der Waals surface area contributed by atoms with Crippen molar-refractivity contribution in [3.63, 3.8) is 0 Å². The molecule has 7 nitrogen and oxygen atoms in total. The summed E-state index contributed by atoms with van der Waals surface area (Å²) >= 11 is 0. The van der Waals surface area contributed by atoms with Crippen LogP contribution in [-0.2, 0) is 0 Å². The molecule has 1 aliphatic rings. The van der Waals surface area contributed by atoms with Crippen LogP contribution < -0.4 is 15.5 Å².